The number of nitro groups is 1. The first kappa shape index (κ1) is 23.6. The predicted octanol–water partition coefficient (Wildman–Crippen LogP) is 4.46. The first-order chi connectivity index (χ1) is 14.1. The second-order valence-corrected chi connectivity index (χ2v) is 7.74. The number of non-ortho nitro benzene ring substituents is 1. The monoisotopic (exact) mass is 470 g/mol. The number of rotatable bonds is 7. The van der Waals surface area contributed by atoms with Crippen molar-refractivity contribution in [2.24, 2.45) is 11.0 Å². The van der Waals surface area contributed by atoms with Crippen LogP contribution in [0.15, 0.2) is 41.5 Å². The van der Waals surface area contributed by atoms with Gasteiger partial charge in [0.2, 0.25) is 0 Å². The Kier molecular flexibility index (Phi) is 8.16. The number of nitro benzene ring substituents is 1. The highest BCUT2D eigenvalue weighted by molar-refractivity contribution is 6.42. The Hall–Kier alpha value is -2.68. The smallest absolute Gasteiger partial charge is 0.270 e. The first-order valence-electron chi connectivity index (χ1n) is 8.63. The van der Waals surface area contributed by atoms with Crippen LogP contribution in [0.1, 0.15) is 29.8 Å². The Balaban J connectivity index is 2.09. The minimum Gasteiger partial charge on any atom is -0.340 e. The summed E-state index contributed by atoms with van der Waals surface area (Å²) >= 11 is 17.8. The predicted molar refractivity (Wildman–Crippen MR) is 116 cm³/mol. The number of hydrogen-bond acceptors (Lipinski definition) is 5. The van der Waals surface area contributed by atoms with Gasteiger partial charge in [0.25, 0.3) is 17.5 Å². The molecule has 2 amide bonds. The summed E-state index contributed by atoms with van der Waals surface area (Å²) in [7, 11) is 0. The van der Waals surface area contributed by atoms with Crippen molar-refractivity contribution in [2.45, 2.75) is 19.9 Å². The van der Waals surface area contributed by atoms with Gasteiger partial charge in [0.1, 0.15) is 6.04 Å². The summed E-state index contributed by atoms with van der Waals surface area (Å²) in [6.07, 6.45) is 1.19. The third-order valence-electron chi connectivity index (χ3n) is 3.99. The summed E-state index contributed by atoms with van der Waals surface area (Å²) in [6, 6.07) is 7.31. The van der Waals surface area contributed by atoms with Crippen LogP contribution in [0.3, 0.4) is 0 Å². The molecule has 0 aliphatic rings. The third-order valence-corrected chi connectivity index (χ3v) is 5.07. The quantitative estimate of drug-likeness (QED) is 0.352. The van der Waals surface area contributed by atoms with Crippen molar-refractivity contribution in [1.29, 1.82) is 0 Å². The van der Waals surface area contributed by atoms with Gasteiger partial charge in [0, 0.05) is 28.3 Å². The maximum absolute atomic E-state index is 12.5. The van der Waals surface area contributed by atoms with E-state index in [1.54, 1.807) is 13.8 Å². The number of hydrogen-bond donors (Lipinski definition) is 2. The van der Waals surface area contributed by atoms with E-state index in [-0.39, 0.29) is 32.8 Å². The summed E-state index contributed by atoms with van der Waals surface area (Å²) < 4.78 is 0. The van der Waals surface area contributed by atoms with Crippen LogP contribution < -0.4 is 10.7 Å². The first-order valence-corrected chi connectivity index (χ1v) is 9.76. The molecule has 0 spiro atoms. The molecule has 2 aromatic rings. The van der Waals surface area contributed by atoms with Crippen molar-refractivity contribution in [1.82, 2.24) is 10.7 Å². The molecule has 0 saturated carbocycles. The van der Waals surface area contributed by atoms with Crippen LogP contribution in [-0.2, 0) is 4.79 Å². The topological polar surface area (TPSA) is 114 Å². The molecule has 0 heterocycles. The fourth-order valence-electron chi connectivity index (χ4n) is 2.38. The molecule has 1 unspecified atom stereocenters. The number of amides is 2. The van der Waals surface area contributed by atoms with Crippen LogP contribution in [-0.4, -0.2) is 29.0 Å². The zero-order chi connectivity index (χ0) is 22.4. The Morgan fingerprint density at radius 2 is 1.73 bits per heavy atom. The molecular formula is C19H17Cl3N4O4. The molecule has 2 rings (SSSR count). The number of nitrogens with one attached hydrogen (secondary N) is 2. The van der Waals surface area contributed by atoms with E-state index >= 15 is 0 Å². The van der Waals surface area contributed by atoms with Crippen molar-refractivity contribution < 1.29 is 14.5 Å². The number of carbonyl (C=O) groups is 2. The fourth-order valence-corrected chi connectivity index (χ4v) is 2.84. The van der Waals surface area contributed by atoms with Crippen LogP contribution in [0.2, 0.25) is 15.1 Å². The van der Waals surface area contributed by atoms with Crippen molar-refractivity contribution in [3.63, 3.8) is 0 Å². The SMILES string of the molecule is CC(C)C(NC(=O)c1ccc(Cl)c(Cl)c1)C(=O)NN=Cc1cc([N+](=O)[O-])ccc1Cl. The van der Waals surface area contributed by atoms with E-state index in [0.717, 1.165) is 0 Å². The van der Waals surface area contributed by atoms with Gasteiger partial charge < -0.3 is 5.32 Å². The summed E-state index contributed by atoms with van der Waals surface area (Å²) in [5, 5.41) is 18.0. The average Bonchev–Trinajstić information content (AvgIpc) is 2.68. The lowest BCUT2D eigenvalue weighted by molar-refractivity contribution is -0.384. The van der Waals surface area contributed by atoms with Crippen molar-refractivity contribution >= 4 is 58.5 Å². The largest absolute Gasteiger partial charge is 0.340 e. The molecule has 0 saturated heterocycles. The van der Waals surface area contributed by atoms with Crippen LogP contribution >= 0.6 is 34.8 Å². The van der Waals surface area contributed by atoms with Gasteiger partial charge in [0.05, 0.1) is 21.2 Å². The number of hydrazone groups is 1. The standard InChI is InChI=1S/C19H17Cl3N4O4/c1-10(2)17(24-18(27)11-3-5-15(21)16(22)8-11)19(28)25-23-9-12-7-13(26(29)30)4-6-14(12)20/h3-10,17H,1-2H3,(H,24,27)(H,25,28). The van der Waals surface area contributed by atoms with Crippen LogP contribution in [0.25, 0.3) is 0 Å². The molecule has 0 aliphatic carbocycles. The van der Waals surface area contributed by atoms with Crippen LogP contribution in [0.5, 0.6) is 0 Å². The number of nitrogens with zero attached hydrogens (tertiary/aromatic N) is 2. The molecule has 8 nitrogen and oxygen atoms in total. The van der Waals surface area contributed by atoms with E-state index in [2.05, 4.69) is 15.8 Å². The highest BCUT2D eigenvalue weighted by Gasteiger charge is 2.24. The van der Waals surface area contributed by atoms with Gasteiger partial charge in [-0.1, -0.05) is 48.7 Å². The van der Waals surface area contributed by atoms with Gasteiger partial charge in [-0.25, -0.2) is 5.43 Å². The van der Waals surface area contributed by atoms with Crippen LogP contribution in [0.4, 0.5) is 5.69 Å². The van der Waals surface area contributed by atoms with Crippen molar-refractivity contribution in [3.05, 3.63) is 72.7 Å². The Labute approximate surface area is 187 Å². The van der Waals surface area contributed by atoms with E-state index in [1.807, 2.05) is 0 Å². The molecule has 2 aromatic carbocycles. The Morgan fingerprint density at radius 3 is 2.33 bits per heavy atom. The maximum Gasteiger partial charge on any atom is 0.270 e. The van der Waals surface area contributed by atoms with Gasteiger partial charge in [-0.2, -0.15) is 5.10 Å². The van der Waals surface area contributed by atoms with Gasteiger partial charge in [-0.05, 0) is 30.2 Å². The number of halogens is 3. The second kappa shape index (κ2) is 10.4. The molecule has 30 heavy (non-hydrogen) atoms. The van der Waals surface area contributed by atoms with E-state index in [4.69, 9.17) is 34.8 Å². The van der Waals surface area contributed by atoms with Gasteiger partial charge >= 0.3 is 0 Å². The average molecular weight is 472 g/mol. The molecule has 2 N–H and O–H groups in total. The zero-order valence-electron chi connectivity index (χ0n) is 15.9. The molecule has 0 aromatic heterocycles. The summed E-state index contributed by atoms with van der Waals surface area (Å²) in [4.78, 5) is 35.2. The van der Waals surface area contributed by atoms with E-state index in [1.165, 1.54) is 42.6 Å². The zero-order valence-corrected chi connectivity index (χ0v) is 18.1. The Bertz CT molecular complexity index is 1010. The highest BCUT2D eigenvalue weighted by atomic mass is 35.5. The molecule has 0 aliphatic heterocycles. The van der Waals surface area contributed by atoms with Crippen molar-refractivity contribution in [2.75, 3.05) is 0 Å². The number of benzene rings is 2. The normalized spacial score (nSPS) is 12.1. The molecule has 11 heteroatoms. The molecule has 0 radical (unpaired) electrons. The molecule has 158 valence electrons. The molecule has 0 bridgehead atoms. The molecule has 0 fully saturated rings. The van der Waals surface area contributed by atoms with E-state index in [0.29, 0.717) is 5.02 Å². The minimum absolute atomic E-state index is 0.166. The lowest BCUT2D eigenvalue weighted by Gasteiger charge is -2.20. The van der Waals surface area contributed by atoms with Gasteiger partial charge in [-0.3, -0.25) is 19.7 Å². The molecular weight excluding hydrogens is 455 g/mol. The van der Waals surface area contributed by atoms with Gasteiger partial charge in [0.15, 0.2) is 0 Å². The fraction of sp³-hybridized carbons (Fsp3) is 0.211. The van der Waals surface area contributed by atoms with E-state index < -0.39 is 22.8 Å². The second-order valence-electron chi connectivity index (χ2n) is 6.52. The number of carbonyl (C=O) groups excluding carboxylic acids is 2. The highest BCUT2D eigenvalue weighted by Crippen LogP contribution is 2.23. The van der Waals surface area contributed by atoms with Gasteiger partial charge in [-0.15, -0.1) is 0 Å². The summed E-state index contributed by atoms with van der Waals surface area (Å²) in [5.41, 5.74) is 2.64. The van der Waals surface area contributed by atoms with Crippen molar-refractivity contribution in [3.8, 4) is 0 Å². The minimum atomic E-state index is -0.898. The lowest BCUT2D eigenvalue weighted by Crippen LogP contribution is -2.48. The van der Waals surface area contributed by atoms with Crippen LogP contribution in [0, 0.1) is 16.0 Å². The maximum atomic E-state index is 12.5. The molecule has 1 atom stereocenters. The lowest BCUT2D eigenvalue weighted by atomic mass is 10.0. The summed E-state index contributed by atoms with van der Waals surface area (Å²) in [6.45, 7) is 3.50. The summed E-state index contributed by atoms with van der Waals surface area (Å²) in [5.74, 6) is -1.34. The third kappa shape index (κ3) is 6.16. The van der Waals surface area contributed by atoms with E-state index in [9.17, 15) is 19.7 Å². The Morgan fingerprint density at radius 1 is 1.07 bits per heavy atom.